The molecule has 0 aromatic rings. The monoisotopic (exact) mass is 1180 g/mol. The fraction of sp³-hybridized carbons (Fsp3) is 0.781. The molecule has 1 aliphatic heterocycles. The van der Waals surface area contributed by atoms with Gasteiger partial charge in [0.1, 0.15) is 24.4 Å². The molecule has 1 fully saturated rings. The third kappa shape index (κ3) is 47.0. The van der Waals surface area contributed by atoms with E-state index in [1.54, 1.807) is 6.08 Å². The van der Waals surface area contributed by atoms with E-state index in [0.717, 1.165) is 103 Å². The molecule has 1 saturated heterocycles. The SMILES string of the molecule is CCCCC/C=C\C/C=C\C/C=C\C/C=C\CCCCCCCCCCC(O)C(=O)NC(COC1OC(CO)C(O)C(O)C1OC(=O)CCCCCCCCCCC/C=C\C/C=C\CCCCC)C(O)/C=C/CCCCCCCCCCCC. The molecule has 11 nitrogen and oxygen atoms in total. The van der Waals surface area contributed by atoms with E-state index in [9.17, 15) is 35.1 Å². The van der Waals surface area contributed by atoms with Gasteiger partial charge in [-0.25, -0.2) is 0 Å². The standard InChI is InChI=1S/C73H129NO10/c1-4-7-10-13-16-19-22-25-27-29-31-32-33-34-35-37-38-40-42-45-48-51-54-57-60-66(77)72(81)74-64(65(76)59-56-53-50-47-44-24-21-18-15-12-9-6-3)63-82-73-71(70(80)69(79)67(62-75)83-73)84-68(78)61-58-55-52-49-46-43-41-39-36-30-28-26-23-20-17-14-11-8-5-2/h16-17,19-20,25-28,31-32,34-35,56,59,64-67,69-71,73,75-77,79-80H,4-15,18,21-24,29-30,33,36-55,57-58,60-63H2,1-3H3,(H,74,81)/b19-16-,20-17-,27-25-,28-26-,32-31-,35-34-,59-56+. The molecule has 8 atom stereocenters. The van der Waals surface area contributed by atoms with Crippen LogP contribution < -0.4 is 5.32 Å². The minimum absolute atomic E-state index is 0.116. The predicted octanol–water partition coefficient (Wildman–Crippen LogP) is 17.7. The van der Waals surface area contributed by atoms with Crippen molar-refractivity contribution in [2.75, 3.05) is 13.2 Å². The normalized spacial score (nSPS) is 19.0. The first-order valence-corrected chi connectivity index (χ1v) is 34.9. The molecule has 1 rings (SSSR count). The van der Waals surface area contributed by atoms with Crippen molar-refractivity contribution in [3.05, 3.63) is 85.1 Å². The van der Waals surface area contributed by atoms with Gasteiger partial charge in [-0.05, 0) is 103 Å². The number of carbonyl (C=O) groups excluding carboxylic acids is 2. The van der Waals surface area contributed by atoms with Crippen molar-refractivity contribution < 1.29 is 49.3 Å². The summed E-state index contributed by atoms with van der Waals surface area (Å²) >= 11 is 0. The number of ether oxygens (including phenoxy) is 3. The molecule has 486 valence electrons. The van der Waals surface area contributed by atoms with Crippen molar-refractivity contribution in [3.8, 4) is 0 Å². The van der Waals surface area contributed by atoms with Crippen molar-refractivity contribution in [3.63, 3.8) is 0 Å². The van der Waals surface area contributed by atoms with Crippen LogP contribution in [0.1, 0.15) is 303 Å². The molecular weight excluding hydrogens is 1050 g/mol. The Labute approximate surface area is 514 Å². The Morgan fingerprint density at radius 2 is 0.821 bits per heavy atom. The van der Waals surface area contributed by atoms with Crippen molar-refractivity contribution >= 4 is 11.9 Å². The van der Waals surface area contributed by atoms with Crippen LogP contribution in [0.3, 0.4) is 0 Å². The molecule has 84 heavy (non-hydrogen) atoms. The summed E-state index contributed by atoms with van der Waals surface area (Å²) in [4.78, 5) is 26.7. The number of allylic oxidation sites excluding steroid dienone is 13. The minimum Gasteiger partial charge on any atom is -0.454 e. The van der Waals surface area contributed by atoms with Crippen molar-refractivity contribution in [2.24, 2.45) is 0 Å². The lowest BCUT2D eigenvalue weighted by atomic mass is 9.99. The molecule has 0 aromatic carbocycles. The van der Waals surface area contributed by atoms with Gasteiger partial charge >= 0.3 is 5.97 Å². The van der Waals surface area contributed by atoms with Gasteiger partial charge in [0.25, 0.3) is 0 Å². The Hall–Kier alpha value is -3.16. The first-order chi connectivity index (χ1) is 41.2. The highest BCUT2D eigenvalue weighted by Gasteiger charge is 2.47. The summed E-state index contributed by atoms with van der Waals surface area (Å²) in [5, 5.41) is 57.2. The van der Waals surface area contributed by atoms with Gasteiger partial charge in [-0.15, -0.1) is 0 Å². The fourth-order valence-corrected chi connectivity index (χ4v) is 10.5. The second-order valence-electron chi connectivity index (χ2n) is 23.9. The minimum atomic E-state index is -1.62. The molecule has 0 aromatic heterocycles. The maximum atomic E-state index is 13.5. The molecule has 0 spiro atoms. The van der Waals surface area contributed by atoms with Crippen LogP contribution in [-0.4, -0.2) is 99.6 Å². The van der Waals surface area contributed by atoms with E-state index in [1.165, 1.54) is 154 Å². The molecule has 0 saturated carbocycles. The van der Waals surface area contributed by atoms with Gasteiger partial charge < -0.3 is 45.1 Å². The number of hydrogen-bond donors (Lipinski definition) is 6. The van der Waals surface area contributed by atoms with Crippen LogP contribution in [0.4, 0.5) is 0 Å². The van der Waals surface area contributed by atoms with Gasteiger partial charge in [0.2, 0.25) is 5.91 Å². The molecule has 6 N–H and O–H groups in total. The summed E-state index contributed by atoms with van der Waals surface area (Å²) in [6.07, 6.45) is 69.0. The third-order valence-corrected chi connectivity index (χ3v) is 16.0. The highest BCUT2D eigenvalue weighted by Crippen LogP contribution is 2.26. The molecule has 1 aliphatic rings. The molecule has 0 radical (unpaired) electrons. The van der Waals surface area contributed by atoms with Crippen LogP contribution in [0.2, 0.25) is 0 Å². The lowest BCUT2D eigenvalue weighted by molar-refractivity contribution is -0.305. The van der Waals surface area contributed by atoms with E-state index in [4.69, 9.17) is 14.2 Å². The van der Waals surface area contributed by atoms with E-state index in [1.807, 2.05) is 6.08 Å². The molecule has 0 aliphatic carbocycles. The highest BCUT2D eigenvalue weighted by atomic mass is 16.7. The van der Waals surface area contributed by atoms with Gasteiger partial charge in [-0.3, -0.25) is 9.59 Å². The van der Waals surface area contributed by atoms with E-state index in [2.05, 4.69) is 99.0 Å². The quantitative estimate of drug-likeness (QED) is 0.0195. The number of nitrogens with one attached hydrogen (secondary N) is 1. The molecule has 0 bridgehead atoms. The zero-order chi connectivity index (χ0) is 61.0. The van der Waals surface area contributed by atoms with Crippen LogP contribution in [0.15, 0.2) is 85.1 Å². The van der Waals surface area contributed by atoms with Crippen LogP contribution in [0.25, 0.3) is 0 Å². The Kier molecular flexibility index (Phi) is 56.5. The molecule has 1 amide bonds. The number of amides is 1. The van der Waals surface area contributed by atoms with Crippen molar-refractivity contribution in [1.82, 2.24) is 5.32 Å². The lowest BCUT2D eigenvalue weighted by Gasteiger charge is -2.41. The Bertz CT molecular complexity index is 1690. The van der Waals surface area contributed by atoms with Gasteiger partial charge in [-0.2, -0.15) is 0 Å². The molecule has 11 heteroatoms. The summed E-state index contributed by atoms with van der Waals surface area (Å²) < 4.78 is 17.7. The summed E-state index contributed by atoms with van der Waals surface area (Å²) in [7, 11) is 0. The maximum Gasteiger partial charge on any atom is 0.306 e. The average molecular weight is 1180 g/mol. The van der Waals surface area contributed by atoms with E-state index in [-0.39, 0.29) is 19.4 Å². The zero-order valence-electron chi connectivity index (χ0n) is 54.0. The molecule has 1 heterocycles. The van der Waals surface area contributed by atoms with Crippen LogP contribution in [0.5, 0.6) is 0 Å². The van der Waals surface area contributed by atoms with Crippen molar-refractivity contribution in [1.29, 1.82) is 0 Å². The van der Waals surface area contributed by atoms with Gasteiger partial charge in [-0.1, -0.05) is 279 Å². The van der Waals surface area contributed by atoms with E-state index < -0.39 is 67.4 Å². The number of unbranched alkanes of at least 4 members (excludes halogenated alkanes) is 33. The number of esters is 1. The first kappa shape index (κ1) is 78.9. The van der Waals surface area contributed by atoms with Gasteiger partial charge in [0.15, 0.2) is 12.4 Å². The number of aliphatic hydroxyl groups is 5. The average Bonchev–Trinajstić information content (AvgIpc) is 3.54. The highest BCUT2D eigenvalue weighted by molar-refractivity contribution is 5.80. The predicted molar refractivity (Wildman–Crippen MR) is 352 cm³/mol. The van der Waals surface area contributed by atoms with Gasteiger partial charge in [0, 0.05) is 6.42 Å². The van der Waals surface area contributed by atoms with Crippen LogP contribution in [0, 0.1) is 0 Å². The molecular formula is C73H129NO10. The summed E-state index contributed by atoms with van der Waals surface area (Å²) in [5.74, 6) is -1.20. The fourth-order valence-electron chi connectivity index (χ4n) is 10.5. The Morgan fingerprint density at radius 1 is 0.464 bits per heavy atom. The maximum absolute atomic E-state index is 13.5. The third-order valence-electron chi connectivity index (χ3n) is 16.0. The summed E-state index contributed by atoms with van der Waals surface area (Å²) in [6, 6.07) is -1.03. The van der Waals surface area contributed by atoms with E-state index >= 15 is 0 Å². The topological polar surface area (TPSA) is 175 Å². The lowest BCUT2D eigenvalue weighted by Crippen LogP contribution is -2.61. The van der Waals surface area contributed by atoms with Crippen LogP contribution in [-0.2, 0) is 23.8 Å². The van der Waals surface area contributed by atoms with E-state index in [0.29, 0.717) is 12.8 Å². The van der Waals surface area contributed by atoms with Crippen LogP contribution >= 0.6 is 0 Å². The zero-order valence-corrected chi connectivity index (χ0v) is 54.0. The van der Waals surface area contributed by atoms with Gasteiger partial charge in [0.05, 0.1) is 25.4 Å². The van der Waals surface area contributed by atoms with Crippen molar-refractivity contribution in [2.45, 2.75) is 352 Å². The number of aliphatic hydroxyl groups excluding tert-OH is 5. The number of carbonyl (C=O) groups is 2. The smallest absolute Gasteiger partial charge is 0.306 e. The number of hydrogen-bond acceptors (Lipinski definition) is 10. The first-order valence-electron chi connectivity index (χ1n) is 34.9. The second kappa shape index (κ2) is 60.1. The summed E-state index contributed by atoms with van der Waals surface area (Å²) in [5.41, 5.74) is 0. The Balaban J connectivity index is 2.61. The number of rotatable bonds is 59. The largest absolute Gasteiger partial charge is 0.454 e. The molecule has 8 unspecified atom stereocenters. The summed E-state index contributed by atoms with van der Waals surface area (Å²) in [6.45, 7) is 5.75. The second-order valence-corrected chi connectivity index (χ2v) is 23.9. The Morgan fingerprint density at radius 3 is 1.25 bits per heavy atom.